The average molecular weight is 513 g/mol. The number of nitrogens with zero attached hydrogens (tertiary/aromatic N) is 2. The van der Waals surface area contributed by atoms with E-state index in [2.05, 4.69) is 34.2 Å². The Balaban J connectivity index is 1.40. The third-order valence-corrected chi connectivity index (χ3v) is 15.2. The molecule has 28 heavy (non-hydrogen) atoms. The van der Waals surface area contributed by atoms with Crippen molar-refractivity contribution >= 4 is 94.1 Å². The van der Waals surface area contributed by atoms with Crippen LogP contribution in [-0.4, -0.2) is 21.5 Å². The summed E-state index contributed by atoms with van der Waals surface area (Å²) in [5.41, 5.74) is 0. The molecule has 0 spiro atoms. The monoisotopic (exact) mass is 512 g/mol. The maximum atomic E-state index is 4.15. The van der Waals surface area contributed by atoms with Crippen molar-refractivity contribution < 1.29 is 0 Å². The predicted octanol–water partition coefficient (Wildman–Crippen LogP) is 8.18. The lowest BCUT2D eigenvalue weighted by molar-refractivity contribution is 1.26. The van der Waals surface area contributed by atoms with Crippen molar-refractivity contribution in [2.24, 2.45) is 0 Å². The van der Waals surface area contributed by atoms with Crippen LogP contribution in [-0.2, 0) is 0 Å². The Morgan fingerprint density at radius 3 is 1.46 bits per heavy atom. The van der Waals surface area contributed by atoms with Crippen molar-refractivity contribution in [2.75, 3.05) is 11.5 Å². The highest BCUT2D eigenvalue weighted by atomic mass is 32.3. The highest BCUT2D eigenvalue weighted by Crippen LogP contribution is 2.67. The molecule has 10 heteroatoms. The van der Waals surface area contributed by atoms with E-state index < -0.39 is 0 Å². The molecule has 0 amide bonds. The van der Waals surface area contributed by atoms with Crippen molar-refractivity contribution in [2.45, 2.75) is 9.79 Å². The molecule has 2 nitrogen and oxygen atoms in total. The third-order valence-electron chi connectivity index (χ3n) is 3.51. The molecule has 0 saturated heterocycles. The van der Waals surface area contributed by atoms with Gasteiger partial charge in [0.15, 0.2) is 0 Å². The van der Waals surface area contributed by atoms with Gasteiger partial charge in [-0.2, -0.15) is 0 Å². The minimum Gasteiger partial charge on any atom is -0.265 e. The first-order valence-corrected chi connectivity index (χ1v) is 15.1. The zero-order valence-electron chi connectivity index (χ0n) is 14.2. The highest BCUT2D eigenvalue weighted by Gasteiger charge is 2.32. The van der Waals surface area contributed by atoms with Gasteiger partial charge in [-0.15, -0.1) is 23.5 Å². The van der Waals surface area contributed by atoms with Crippen LogP contribution in [0.25, 0.3) is 0 Å². The molecule has 0 N–H and O–H groups in total. The van der Waals surface area contributed by atoms with Crippen molar-refractivity contribution in [1.29, 1.82) is 0 Å². The molecular weight excluding hydrogens is 501 g/mol. The Kier molecular flexibility index (Phi) is 6.96. The Bertz CT molecular complexity index is 896. The molecule has 3 aliphatic rings. The first-order valence-electron chi connectivity index (χ1n) is 8.21. The van der Waals surface area contributed by atoms with Gasteiger partial charge >= 0.3 is 0 Å². The van der Waals surface area contributed by atoms with Crippen LogP contribution in [0.4, 0.5) is 0 Å². The first-order chi connectivity index (χ1) is 13.8. The normalized spacial score (nSPS) is 19.6. The van der Waals surface area contributed by atoms with Gasteiger partial charge in [-0.1, -0.05) is 70.6 Å². The Morgan fingerprint density at radius 2 is 1.00 bits per heavy atom. The van der Waals surface area contributed by atoms with Crippen LogP contribution in [0, 0.1) is 0 Å². The SMILES string of the molecule is c1cc(SC2=C(Sc3ccncc3)SC(=C3SC4=C(SCCS4)S3)S2)ccn1. The molecule has 0 saturated carbocycles. The Morgan fingerprint density at radius 1 is 0.571 bits per heavy atom. The van der Waals surface area contributed by atoms with E-state index in [0.717, 1.165) is 0 Å². The molecule has 0 atom stereocenters. The molecule has 5 heterocycles. The molecule has 142 valence electrons. The lowest BCUT2D eigenvalue weighted by atomic mass is 10.5. The summed E-state index contributed by atoms with van der Waals surface area (Å²) >= 11 is 15.5. The second-order valence-corrected chi connectivity index (χ2v) is 15.4. The highest BCUT2D eigenvalue weighted by molar-refractivity contribution is 8.45. The van der Waals surface area contributed by atoms with Gasteiger partial charge in [0.1, 0.15) is 0 Å². The van der Waals surface area contributed by atoms with Crippen LogP contribution in [0.2, 0.25) is 0 Å². The lowest BCUT2D eigenvalue weighted by Crippen LogP contribution is -1.88. The number of hydrogen-bond acceptors (Lipinski definition) is 10. The summed E-state index contributed by atoms with van der Waals surface area (Å²) in [6.45, 7) is 0. The van der Waals surface area contributed by atoms with Crippen LogP contribution in [0.5, 0.6) is 0 Å². The minimum atomic E-state index is 1.23. The van der Waals surface area contributed by atoms with Crippen LogP contribution in [0.15, 0.2) is 84.3 Å². The maximum Gasteiger partial charge on any atom is 0.0718 e. The second kappa shape index (κ2) is 9.64. The summed E-state index contributed by atoms with van der Waals surface area (Å²) in [5, 5.41) is 0. The summed E-state index contributed by atoms with van der Waals surface area (Å²) in [6.07, 6.45) is 7.44. The number of rotatable bonds is 4. The van der Waals surface area contributed by atoms with Crippen LogP contribution >= 0.6 is 94.1 Å². The third kappa shape index (κ3) is 4.80. The Hall–Kier alpha value is 0.320. The van der Waals surface area contributed by atoms with Crippen LogP contribution in [0.1, 0.15) is 0 Å². The second-order valence-electron chi connectivity index (χ2n) is 5.40. The standard InChI is InChI=1S/C18H12N2S8/c1-5-19-6-2-11(1)23-15-16(24-12-3-7-20-8-4-12)28-18(27-15)17-25-13-14(26-17)22-10-9-21-13/h1-8H,9-10H2. The molecule has 0 aliphatic carbocycles. The summed E-state index contributed by atoms with van der Waals surface area (Å²) in [6, 6.07) is 8.31. The van der Waals surface area contributed by atoms with Gasteiger partial charge in [0.05, 0.1) is 25.4 Å². The molecule has 0 unspecified atom stereocenters. The number of hydrogen-bond donors (Lipinski definition) is 0. The zero-order chi connectivity index (χ0) is 18.8. The van der Waals surface area contributed by atoms with Gasteiger partial charge in [0, 0.05) is 46.1 Å². The van der Waals surface area contributed by atoms with E-state index in [-0.39, 0.29) is 0 Å². The topological polar surface area (TPSA) is 25.8 Å². The quantitative estimate of drug-likeness (QED) is 0.399. The maximum absolute atomic E-state index is 4.15. The molecule has 0 fully saturated rings. The van der Waals surface area contributed by atoms with Gasteiger partial charge in [-0.3, -0.25) is 9.97 Å². The van der Waals surface area contributed by atoms with Gasteiger partial charge in [0.2, 0.25) is 0 Å². The van der Waals surface area contributed by atoms with E-state index in [1.807, 2.05) is 119 Å². The number of pyridine rings is 2. The van der Waals surface area contributed by atoms with Crippen molar-refractivity contribution in [3.63, 3.8) is 0 Å². The van der Waals surface area contributed by atoms with E-state index in [1.165, 1.54) is 46.7 Å². The van der Waals surface area contributed by atoms with Gasteiger partial charge in [-0.05, 0) is 24.3 Å². The van der Waals surface area contributed by atoms with E-state index >= 15 is 0 Å². The summed E-state index contributed by atoms with van der Waals surface area (Å²) in [5.74, 6) is 2.45. The van der Waals surface area contributed by atoms with Crippen LogP contribution < -0.4 is 0 Å². The zero-order valence-corrected chi connectivity index (χ0v) is 20.7. The molecule has 2 aromatic heterocycles. The molecule has 0 radical (unpaired) electrons. The Labute approximate surface area is 198 Å². The van der Waals surface area contributed by atoms with Crippen LogP contribution in [0.3, 0.4) is 0 Å². The average Bonchev–Trinajstić information content (AvgIpc) is 3.34. The summed E-state index contributed by atoms with van der Waals surface area (Å²) < 4.78 is 8.57. The van der Waals surface area contributed by atoms with E-state index in [0.29, 0.717) is 0 Å². The summed E-state index contributed by atoms with van der Waals surface area (Å²) in [7, 11) is 0. The fourth-order valence-corrected chi connectivity index (χ4v) is 14.1. The first kappa shape index (κ1) is 20.2. The van der Waals surface area contributed by atoms with Crippen molar-refractivity contribution in [3.8, 4) is 0 Å². The largest absolute Gasteiger partial charge is 0.265 e. The van der Waals surface area contributed by atoms with Crippen molar-refractivity contribution in [1.82, 2.24) is 9.97 Å². The van der Waals surface area contributed by atoms with E-state index in [4.69, 9.17) is 0 Å². The lowest BCUT2D eigenvalue weighted by Gasteiger charge is -2.08. The van der Waals surface area contributed by atoms with E-state index in [9.17, 15) is 0 Å². The molecule has 0 aromatic carbocycles. The summed E-state index contributed by atoms with van der Waals surface area (Å²) in [4.78, 5) is 10.8. The molecule has 5 rings (SSSR count). The van der Waals surface area contributed by atoms with E-state index in [1.54, 1.807) is 0 Å². The smallest absolute Gasteiger partial charge is 0.0718 e. The van der Waals surface area contributed by atoms with Gasteiger partial charge < -0.3 is 0 Å². The van der Waals surface area contributed by atoms with Gasteiger partial charge in [0.25, 0.3) is 0 Å². The number of thioether (sulfide) groups is 8. The number of aromatic nitrogens is 2. The molecule has 2 aromatic rings. The van der Waals surface area contributed by atoms with Crippen molar-refractivity contribution in [3.05, 3.63) is 74.5 Å². The fourth-order valence-electron chi connectivity index (χ4n) is 2.31. The molecular formula is C18H12N2S8. The minimum absolute atomic E-state index is 1.23. The van der Waals surface area contributed by atoms with Gasteiger partial charge in [-0.25, -0.2) is 0 Å². The molecule has 3 aliphatic heterocycles. The molecule has 0 bridgehead atoms. The predicted molar refractivity (Wildman–Crippen MR) is 137 cm³/mol. The fraction of sp³-hybridized carbons (Fsp3) is 0.111.